The van der Waals surface area contributed by atoms with E-state index in [9.17, 15) is 9.59 Å². The molecule has 0 bridgehead atoms. The van der Waals surface area contributed by atoms with Gasteiger partial charge in [0.25, 0.3) is 5.56 Å². The van der Waals surface area contributed by atoms with Crippen LogP contribution in [0.15, 0.2) is 76.7 Å². The van der Waals surface area contributed by atoms with Crippen LogP contribution >= 0.6 is 11.8 Å². The minimum Gasteiger partial charge on any atom is -0.349 e. The van der Waals surface area contributed by atoms with E-state index in [1.165, 1.54) is 17.3 Å². The molecule has 6 rings (SSSR count). The number of fused-ring (bicyclic) bond motifs is 4. The van der Waals surface area contributed by atoms with Crippen LogP contribution in [0.3, 0.4) is 0 Å². The van der Waals surface area contributed by atoms with Crippen LogP contribution in [0.2, 0.25) is 0 Å². The first-order chi connectivity index (χ1) is 17.5. The third kappa shape index (κ3) is 3.89. The molecule has 7 heteroatoms. The van der Waals surface area contributed by atoms with Gasteiger partial charge in [0.2, 0.25) is 5.91 Å². The summed E-state index contributed by atoms with van der Waals surface area (Å²) in [6, 6.07) is 21.9. The molecule has 1 aliphatic heterocycles. The number of H-pyrrole nitrogens is 1. The lowest BCUT2D eigenvalue weighted by molar-refractivity contribution is -0.116. The van der Waals surface area contributed by atoms with Crippen LogP contribution in [-0.2, 0) is 11.2 Å². The van der Waals surface area contributed by atoms with E-state index >= 15 is 0 Å². The molecule has 0 radical (unpaired) electrons. The maximum absolute atomic E-state index is 13.8. The minimum absolute atomic E-state index is 0.0207. The number of nitrogens with one attached hydrogen (secondary N) is 1. The number of benzene rings is 3. The highest BCUT2D eigenvalue weighted by atomic mass is 32.2. The van der Waals surface area contributed by atoms with Crippen molar-refractivity contribution >= 4 is 45.3 Å². The summed E-state index contributed by atoms with van der Waals surface area (Å²) in [6.45, 7) is 4.73. The Balaban J connectivity index is 1.45. The number of nitrogens with zero attached hydrogens (tertiary/aromatic N) is 3. The average Bonchev–Trinajstić information content (AvgIpc) is 3.25. The van der Waals surface area contributed by atoms with E-state index in [-0.39, 0.29) is 17.2 Å². The number of para-hydroxylation sites is 2. The summed E-state index contributed by atoms with van der Waals surface area (Å²) in [7, 11) is 0. The van der Waals surface area contributed by atoms with Crippen molar-refractivity contribution in [2.45, 2.75) is 31.8 Å². The number of hydrogen-bond acceptors (Lipinski definition) is 4. The van der Waals surface area contributed by atoms with Crippen LogP contribution < -0.4 is 10.5 Å². The number of rotatable bonds is 4. The van der Waals surface area contributed by atoms with Gasteiger partial charge in [0, 0.05) is 23.1 Å². The second kappa shape index (κ2) is 8.99. The van der Waals surface area contributed by atoms with Gasteiger partial charge in [-0.25, -0.2) is 4.98 Å². The Bertz CT molecular complexity index is 1680. The molecule has 0 unspecified atom stereocenters. The zero-order chi connectivity index (χ0) is 24.8. The lowest BCUT2D eigenvalue weighted by atomic mass is 10.0. The summed E-state index contributed by atoms with van der Waals surface area (Å²) in [4.78, 5) is 37.3. The van der Waals surface area contributed by atoms with Crippen molar-refractivity contribution in [3.63, 3.8) is 0 Å². The maximum Gasteiger partial charge on any atom is 0.283 e. The minimum atomic E-state index is -0.167. The van der Waals surface area contributed by atoms with Crippen LogP contribution in [0, 0.1) is 13.8 Å². The van der Waals surface area contributed by atoms with Crippen molar-refractivity contribution in [1.82, 2.24) is 14.5 Å². The number of carbonyl (C=O) groups is 1. The Morgan fingerprint density at radius 3 is 2.61 bits per heavy atom. The fourth-order valence-electron chi connectivity index (χ4n) is 5.14. The van der Waals surface area contributed by atoms with Gasteiger partial charge in [0.05, 0.1) is 11.4 Å². The lowest BCUT2D eigenvalue weighted by Crippen LogP contribution is -2.36. The summed E-state index contributed by atoms with van der Waals surface area (Å²) in [5.74, 6) is 0.215. The second-order valence-corrected chi connectivity index (χ2v) is 10.3. The number of aryl methyl sites for hydroxylation is 3. The van der Waals surface area contributed by atoms with Gasteiger partial charge in [0.1, 0.15) is 11.0 Å². The quantitative estimate of drug-likeness (QED) is 0.262. The van der Waals surface area contributed by atoms with Crippen molar-refractivity contribution in [3.05, 3.63) is 93.8 Å². The number of thioether (sulfide) groups is 1. The Kier molecular flexibility index (Phi) is 5.64. The zero-order valence-corrected chi connectivity index (χ0v) is 21.1. The van der Waals surface area contributed by atoms with Crippen LogP contribution in [0.1, 0.15) is 23.1 Å². The highest BCUT2D eigenvalue weighted by molar-refractivity contribution is 7.99. The fourth-order valence-corrected chi connectivity index (χ4v) is 6.03. The Hall–Kier alpha value is -3.84. The number of hydrogen-bond donors (Lipinski definition) is 1. The standard InChI is InChI=1S/C29H26N4O2S/c1-18-14-19(2)16-21(15-18)33-28(35)27-26(22-10-4-5-11-23(22)30-27)31-29(33)36-17-25(34)32-13-7-9-20-8-3-6-12-24(20)32/h3-6,8,10-12,14-16,30H,7,9,13,17H2,1-2H3. The summed E-state index contributed by atoms with van der Waals surface area (Å²) in [6.07, 6.45) is 1.93. The fraction of sp³-hybridized carbons (Fsp3) is 0.207. The first-order valence-electron chi connectivity index (χ1n) is 12.1. The van der Waals surface area contributed by atoms with Gasteiger partial charge in [-0.05, 0) is 67.6 Å². The molecule has 0 saturated heterocycles. The Morgan fingerprint density at radius 1 is 1.03 bits per heavy atom. The van der Waals surface area contributed by atoms with E-state index in [0.29, 0.717) is 22.7 Å². The summed E-state index contributed by atoms with van der Waals surface area (Å²) < 4.78 is 1.64. The van der Waals surface area contributed by atoms with Gasteiger partial charge < -0.3 is 9.88 Å². The second-order valence-electron chi connectivity index (χ2n) is 9.34. The first-order valence-corrected chi connectivity index (χ1v) is 13.1. The number of aromatic amines is 1. The molecule has 3 aromatic carbocycles. The maximum atomic E-state index is 13.8. The van der Waals surface area contributed by atoms with Crippen LogP contribution in [-0.4, -0.2) is 32.7 Å². The molecule has 0 spiro atoms. The molecule has 1 aliphatic rings. The molecule has 6 nitrogen and oxygen atoms in total. The molecular formula is C29H26N4O2S. The highest BCUT2D eigenvalue weighted by Crippen LogP contribution is 2.30. The number of amides is 1. The lowest BCUT2D eigenvalue weighted by Gasteiger charge is -2.29. The SMILES string of the molecule is Cc1cc(C)cc(-n2c(SCC(=O)N3CCCc4ccccc43)nc3c([nH]c4ccccc43)c2=O)c1. The van der Waals surface area contributed by atoms with E-state index in [4.69, 9.17) is 4.98 Å². The van der Waals surface area contributed by atoms with Crippen molar-refractivity contribution in [2.75, 3.05) is 17.2 Å². The van der Waals surface area contributed by atoms with Gasteiger partial charge in [-0.1, -0.05) is 54.2 Å². The number of carbonyl (C=O) groups excluding carboxylic acids is 1. The summed E-state index contributed by atoms with van der Waals surface area (Å²) >= 11 is 1.32. The van der Waals surface area contributed by atoms with Gasteiger partial charge in [-0.15, -0.1) is 0 Å². The normalized spacial score (nSPS) is 13.3. The van der Waals surface area contributed by atoms with E-state index in [1.807, 2.05) is 73.3 Å². The van der Waals surface area contributed by atoms with E-state index < -0.39 is 0 Å². The van der Waals surface area contributed by atoms with Crippen molar-refractivity contribution in [3.8, 4) is 5.69 Å². The molecule has 0 aliphatic carbocycles. The highest BCUT2D eigenvalue weighted by Gasteiger charge is 2.24. The molecule has 36 heavy (non-hydrogen) atoms. The zero-order valence-electron chi connectivity index (χ0n) is 20.2. The number of anilines is 1. The molecule has 2 aromatic heterocycles. The topological polar surface area (TPSA) is 71.0 Å². The van der Waals surface area contributed by atoms with E-state index in [2.05, 4.69) is 17.1 Å². The molecule has 0 saturated carbocycles. The largest absolute Gasteiger partial charge is 0.349 e. The Labute approximate surface area is 213 Å². The summed E-state index contributed by atoms with van der Waals surface area (Å²) in [5.41, 5.74) is 6.87. The predicted octanol–water partition coefficient (Wildman–Crippen LogP) is 5.56. The van der Waals surface area contributed by atoms with Gasteiger partial charge in [-0.2, -0.15) is 0 Å². The van der Waals surface area contributed by atoms with Crippen LogP contribution in [0.5, 0.6) is 0 Å². The van der Waals surface area contributed by atoms with E-state index in [0.717, 1.165) is 46.2 Å². The van der Waals surface area contributed by atoms with Gasteiger partial charge >= 0.3 is 0 Å². The molecular weight excluding hydrogens is 468 g/mol. The first kappa shape index (κ1) is 22.6. The molecule has 180 valence electrons. The molecule has 3 heterocycles. The van der Waals surface area contributed by atoms with Crippen molar-refractivity contribution in [1.29, 1.82) is 0 Å². The van der Waals surface area contributed by atoms with Gasteiger partial charge in [0.15, 0.2) is 5.16 Å². The third-order valence-electron chi connectivity index (χ3n) is 6.70. The molecule has 0 fully saturated rings. The Morgan fingerprint density at radius 2 is 1.78 bits per heavy atom. The summed E-state index contributed by atoms with van der Waals surface area (Å²) in [5, 5.41) is 1.41. The van der Waals surface area contributed by atoms with Crippen molar-refractivity contribution in [2.24, 2.45) is 0 Å². The van der Waals surface area contributed by atoms with Gasteiger partial charge in [-0.3, -0.25) is 14.2 Å². The molecule has 1 amide bonds. The molecule has 1 N–H and O–H groups in total. The monoisotopic (exact) mass is 494 g/mol. The van der Waals surface area contributed by atoms with Crippen molar-refractivity contribution < 1.29 is 4.79 Å². The molecule has 5 aromatic rings. The van der Waals surface area contributed by atoms with E-state index in [1.54, 1.807) is 4.57 Å². The average molecular weight is 495 g/mol. The van der Waals surface area contributed by atoms with Crippen LogP contribution in [0.4, 0.5) is 5.69 Å². The van der Waals surface area contributed by atoms with Crippen LogP contribution in [0.25, 0.3) is 27.6 Å². The number of aromatic nitrogens is 3. The third-order valence-corrected chi connectivity index (χ3v) is 7.62. The predicted molar refractivity (Wildman–Crippen MR) is 147 cm³/mol. The smallest absolute Gasteiger partial charge is 0.283 e. The molecule has 0 atom stereocenters.